The number of aromatic nitrogens is 3. The van der Waals surface area contributed by atoms with Crippen molar-refractivity contribution in [2.75, 3.05) is 5.43 Å². The number of H-pyrrole nitrogens is 1. The fourth-order valence-electron chi connectivity index (χ4n) is 1.32. The molecule has 2 rings (SSSR count). The highest BCUT2D eigenvalue weighted by Crippen LogP contribution is 2.00. The number of rotatable bonds is 3. The van der Waals surface area contributed by atoms with Crippen molar-refractivity contribution in [1.29, 1.82) is 0 Å². The van der Waals surface area contributed by atoms with Crippen molar-refractivity contribution in [3.8, 4) is 0 Å². The van der Waals surface area contributed by atoms with Crippen molar-refractivity contribution in [2.45, 2.75) is 13.8 Å². The summed E-state index contributed by atoms with van der Waals surface area (Å²) < 4.78 is 0. The highest BCUT2D eigenvalue weighted by atomic mass is 16.1. The van der Waals surface area contributed by atoms with Crippen molar-refractivity contribution >= 4 is 12.2 Å². The molecule has 0 spiro atoms. The number of pyridine rings is 1. The molecule has 0 fully saturated rings. The summed E-state index contributed by atoms with van der Waals surface area (Å²) >= 11 is 0. The van der Waals surface area contributed by atoms with Gasteiger partial charge in [-0.05, 0) is 31.5 Å². The van der Waals surface area contributed by atoms with E-state index in [4.69, 9.17) is 0 Å². The molecule has 0 saturated heterocycles. The lowest BCUT2D eigenvalue weighted by atomic mass is 10.3. The number of anilines is 1. The van der Waals surface area contributed by atoms with Gasteiger partial charge in [-0.25, -0.2) is 10.4 Å². The first-order valence-electron chi connectivity index (χ1n) is 5.43. The van der Waals surface area contributed by atoms with Crippen LogP contribution in [0, 0.1) is 13.8 Å². The minimum atomic E-state index is -0.163. The molecule has 0 saturated carbocycles. The molecule has 0 atom stereocenters. The average molecular weight is 243 g/mol. The normalized spacial score (nSPS) is 10.8. The maximum absolute atomic E-state index is 11.5. The van der Waals surface area contributed by atoms with Crippen LogP contribution in [0.5, 0.6) is 0 Å². The Morgan fingerprint density at radius 3 is 2.72 bits per heavy atom. The first-order chi connectivity index (χ1) is 8.66. The fraction of sp³-hybridized carbons (Fsp3) is 0.167. The highest BCUT2D eigenvalue weighted by molar-refractivity contribution is 5.79. The second kappa shape index (κ2) is 5.22. The number of hydrazone groups is 1. The number of aryl methyl sites for hydroxylation is 1. The lowest BCUT2D eigenvalue weighted by molar-refractivity contribution is 1.01. The van der Waals surface area contributed by atoms with Gasteiger partial charge in [0.15, 0.2) is 0 Å². The molecule has 0 aliphatic rings. The molecular formula is C12H13N5O. The zero-order valence-corrected chi connectivity index (χ0v) is 10.1. The van der Waals surface area contributed by atoms with E-state index in [2.05, 4.69) is 25.5 Å². The second-order valence-corrected chi connectivity index (χ2v) is 3.78. The maximum atomic E-state index is 11.5. The Balaban J connectivity index is 2.12. The fourth-order valence-corrected chi connectivity index (χ4v) is 1.32. The van der Waals surface area contributed by atoms with E-state index < -0.39 is 0 Å². The molecule has 0 aliphatic heterocycles. The van der Waals surface area contributed by atoms with E-state index in [1.807, 2.05) is 12.1 Å². The van der Waals surface area contributed by atoms with Gasteiger partial charge < -0.3 is 0 Å². The zero-order valence-electron chi connectivity index (χ0n) is 10.1. The van der Waals surface area contributed by atoms with Crippen molar-refractivity contribution in [2.24, 2.45) is 5.10 Å². The van der Waals surface area contributed by atoms with Gasteiger partial charge in [-0.1, -0.05) is 0 Å². The van der Waals surface area contributed by atoms with Gasteiger partial charge in [0.2, 0.25) is 5.95 Å². The predicted octanol–water partition coefficient (Wildman–Crippen LogP) is 1.23. The summed E-state index contributed by atoms with van der Waals surface area (Å²) in [7, 11) is 0. The largest absolute Gasteiger partial charge is 0.291 e. The van der Waals surface area contributed by atoms with E-state index in [-0.39, 0.29) is 5.56 Å². The minimum absolute atomic E-state index is 0.163. The van der Waals surface area contributed by atoms with Crippen molar-refractivity contribution in [3.63, 3.8) is 0 Å². The quantitative estimate of drug-likeness (QED) is 0.627. The standard InChI is InChI=1S/C12H13N5O/c1-8-9(2)15-12(16-11(8)18)17-14-7-10-3-5-13-6-4-10/h3-7H,1-2H3,(H2,15,16,17,18)/b14-7-. The van der Waals surface area contributed by atoms with E-state index in [9.17, 15) is 4.79 Å². The number of hydrogen-bond acceptors (Lipinski definition) is 5. The Hall–Kier alpha value is -2.50. The van der Waals surface area contributed by atoms with Gasteiger partial charge in [-0.15, -0.1) is 0 Å². The van der Waals surface area contributed by atoms with Gasteiger partial charge in [-0.2, -0.15) is 5.10 Å². The van der Waals surface area contributed by atoms with Crippen LogP contribution in [-0.2, 0) is 0 Å². The van der Waals surface area contributed by atoms with Gasteiger partial charge in [0.05, 0.1) is 6.21 Å². The van der Waals surface area contributed by atoms with Crippen LogP contribution in [0.4, 0.5) is 5.95 Å². The topological polar surface area (TPSA) is 83.0 Å². The molecule has 0 bridgehead atoms. The first-order valence-corrected chi connectivity index (χ1v) is 5.43. The second-order valence-electron chi connectivity index (χ2n) is 3.78. The third-order valence-electron chi connectivity index (χ3n) is 2.48. The van der Waals surface area contributed by atoms with Crippen LogP contribution in [0.1, 0.15) is 16.8 Å². The highest BCUT2D eigenvalue weighted by Gasteiger charge is 2.01. The Morgan fingerprint density at radius 2 is 2.06 bits per heavy atom. The molecule has 2 heterocycles. The molecule has 0 amide bonds. The third-order valence-corrected chi connectivity index (χ3v) is 2.48. The van der Waals surface area contributed by atoms with Crippen LogP contribution in [0.3, 0.4) is 0 Å². The smallest absolute Gasteiger partial charge is 0.255 e. The van der Waals surface area contributed by atoms with Gasteiger partial charge in [0.1, 0.15) is 0 Å². The van der Waals surface area contributed by atoms with Crippen molar-refractivity contribution in [1.82, 2.24) is 15.0 Å². The molecule has 18 heavy (non-hydrogen) atoms. The predicted molar refractivity (Wildman–Crippen MR) is 69.8 cm³/mol. The molecule has 2 aromatic heterocycles. The molecule has 2 aromatic rings. The minimum Gasteiger partial charge on any atom is -0.291 e. The summed E-state index contributed by atoms with van der Waals surface area (Å²) in [6, 6.07) is 3.64. The van der Waals surface area contributed by atoms with Crippen LogP contribution >= 0.6 is 0 Å². The lowest BCUT2D eigenvalue weighted by Crippen LogP contribution is -2.15. The van der Waals surface area contributed by atoms with E-state index >= 15 is 0 Å². The zero-order chi connectivity index (χ0) is 13.0. The molecule has 0 aliphatic carbocycles. The van der Waals surface area contributed by atoms with Crippen LogP contribution in [-0.4, -0.2) is 21.2 Å². The molecule has 0 unspecified atom stereocenters. The number of nitrogens with zero attached hydrogens (tertiary/aromatic N) is 3. The van der Waals surface area contributed by atoms with E-state index in [0.717, 1.165) is 5.56 Å². The Bertz CT molecular complexity index is 618. The van der Waals surface area contributed by atoms with Gasteiger partial charge in [-0.3, -0.25) is 14.8 Å². The Morgan fingerprint density at radius 1 is 1.33 bits per heavy atom. The lowest BCUT2D eigenvalue weighted by Gasteiger charge is -2.02. The van der Waals surface area contributed by atoms with Crippen molar-refractivity contribution < 1.29 is 0 Å². The third kappa shape index (κ3) is 2.79. The summed E-state index contributed by atoms with van der Waals surface area (Å²) in [5, 5.41) is 3.99. The number of nitrogens with one attached hydrogen (secondary N) is 2. The molecular weight excluding hydrogens is 230 g/mol. The van der Waals surface area contributed by atoms with E-state index in [0.29, 0.717) is 17.2 Å². The number of hydrogen-bond donors (Lipinski definition) is 2. The molecule has 6 nitrogen and oxygen atoms in total. The van der Waals surface area contributed by atoms with Gasteiger partial charge in [0.25, 0.3) is 5.56 Å². The van der Waals surface area contributed by atoms with Crippen LogP contribution in [0.15, 0.2) is 34.4 Å². The molecule has 2 N–H and O–H groups in total. The maximum Gasteiger partial charge on any atom is 0.255 e. The Labute approximate surface area is 104 Å². The van der Waals surface area contributed by atoms with E-state index in [1.54, 1.807) is 32.5 Å². The first kappa shape index (κ1) is 12.0. The SMILES string of the molecule is Cc1nc(N/N=C\c2ccncc2)[nH]c(=O)c1C. The summed E-state index contributed by atoms with van der Waals surface area (Å²) in [6.07, 6.45) is 4.98. The van der Waals surface area contributed by atoms with Gasteiger partial charge in [0, 0.05) is 23.7 Å². The molecule has 6 heteroatoms. The molecule has 0 aromatic carbocycles. The summed E-state index contributed by atoms with van der Waals surface area (Å²) in [4.78, 5) is 22.2. The Kier molecular flexibility index (Phi) is 3.47. The van der Waals surface area contributed by atoms with Crippen LogP contribution < -0.4 is 11.0 Å². The van der Waals surface area contributed by atoms with E-state index in [1.165, 1.54) is 0 Å². The molecule has 92 valence electrons. The van der Waals surface area contributed by atoms with Gasteiger partial charge >= 0.3 is 0 Å². The van der Waals surface area contributed by atoms with Crippen LogP contribution in [0.25, 0.3) is 0 Å². The monoisotopic (exact) mass is 243 g/mol. The summed E-state index contributed by atoms with van der Waals surface area (Å²) in [5.41, 5.74) is 4.72. The average Bonchev–Trinajstić information content (AvgIpc) is 2.37. The summed E-state index contributed by atoms with van der Waals surface area (Å²) in [6.45, 7) is 3.51. The number of aromatic amines is 1. The molecule has 0 radical (unpaired) electrons. The summed E-state index contributed by atoms with van der Waals surface area (Å²) in [5.74, 6) is 0.327. The van der Waals surface area contributed by atoms with Crippen LogP contribution in [0.2, 0.25) is 0 Å². The van der Waals surface area contributed by atoms with Crippen molar-refractivity contribution in [3.05, 3.63) is 51.7 Å².